The number of methoxy groups -OCH3 is 1. The fourth-order valence-corrected chi connectivity index (χ4v) is 3.34. The molecule has 2 saturated heterocycles. The van der Waals surface area contributed by atoms with E-state index >= 15 is 0 Å². The number of nitrogens with zero attached hydrogens (tertiary/aromatic N) is 1. The number of phenols is 1. The van der Waals surface area contributed by atoms with Crippen LogP contribution in [-0.2, 0) is 16.0 Å². The number of morpholine rings is 1. The van der Waals surface area contributed by atoms with Crippen LogP contribution in [0.15, 0.2) is 18.2 Å². The number of rotatable bonds is 3. The van der Waals surface area contributed by atoms with Crippen molar-refractivity contribution in [2.45, 2.75) is 31.6 Å². The average molecular weight is 293 g/mol. The van der Waals surface area contributed by atoms with Crippen molar-refractivity contribution in [2.75, 3.05) is 33.4 Å². The zero-order valence-electron chi connectivity index (χ0n) is 12.7. The molecule has 0 amide bonds. The third kappa shape index (κ3) is 3.15. The number of aromatic hydroxyl groups is 1. The first-order valence-corrected chi connectivity index (χ1v) is 7.44. The number of benzene rings is 1. The molecule has 5 heteroatoms. The topological polar surface area (TPSA) is 51.2 Å². The molecule has 0 saturated carbocycles. The summed E-state index contributed by atoms with van der Waals surface area (Å²) in [4.78, 5) is 2.40. The quantitative estimate of drug-likeness (QED) is 0.920. The molecule has 2 fully saturated rings. The molecule has 0 bridgehead atoms. The summed E-state index contributed by atoms with van der Waals surface area (Å²) in [5.74, 6) is 0.699. The maximum atomic E-state index is 9.68. The van der Waals surface area contributed by atoms with E-state index in [-0.39, 0.29) is 17.5 Å². The van der Waals surface area contributed by atoms with Gasteiger partial charge in [-0.2, -0.15) is 0 Å². The molecule has 116 valence electrons. The Balaban J connectivity index is 1.71. The molecular weight excluding hydrogens is 270 g/mol. The zero-order chi connectivity index (χ0) is 14.9. The van der Waals surface area contributed by atoms with Crippen LogP contribution in [-0.4, -0.2) is 55.1 Å². The van der Waals surface area contributed by atoms with Crippen LogP contribution in [0.5, 0.6) is 11.5 Å². The van der Waals surface area contributed by atoms with Crippen molar-refractivity contribution < 1.29 is 19.3 Å². The van der Waals surface area contributed by atoms with Crippen LogP contribution in [0.2, 0.25) is 0 Å². The Bertz CT molecular complexity index is 499. The van der Waals surface area contributed by atoms with Crippen molar-refractivity contribution in [1.29, 1.82) is 0 Å². The molecule has 21 heavy (non-hydrogen) atoms. The minimum Gasteiger partial charge on any atom is -0.504 e. The Hall–Kier alpha value is -1.30. The maximum absolute atomic E-state index is 9.68. The van der Waals surface area contributed by atoms with Crippen LogP contribution in [0.3, 0.4) is 0 Å². The number of ether oxygens (including phenoxy) is 3. The van der Waals surface area contributed by atoms with E-state index in [0.717, 1.165) is 38.2 Å². The van der Waals surface area contributed by atoms with E-state index in [4.69, 9.17) is 14.2 Å². The van der Waals surface area contributed by atoms with Crippen molar-refractivity contribution in [3.63, 3.8) is 0 Å². The van der Waals surface area contributed by atoms with Crippen LogP contribution in [0, 0.1) is 0 Å². The second kappa shape index (κ2) is 5.83. The summed E-state index contributed by atoms with van der Waals surface area (Å²) in [6.07, 6.45) is 1.17. The predicted molar refractivity (Wildman–Crippen MR) is 78.6 cm³/mol. The Morgan fingerprint density at radius 3 is 3.05 bits per heavy atom. The van der Waals surface area contributed by atoms with E-state index < -0.39 is 0 Å². The predicted octanol–water partition coefficient (Wildman–Crippen LogP) is 1.78. The average Bonchev–Trinajstić information content (AvgIpc) is 2.87. The highest BCUT2D eigenvalue weighted by atomic mass is 16.6. The van der Waals surface area contributed by atoms with Crippen LogP contribution >= 0.6 is 0 Å². The molecule has 1 aromatic rings. The van der Waals surface area contributed by atoms with Gasteiger partial charge < -0.3 is 19.3 Å². The van der Waals surface area contributed by atoms with E-state index in [1.807, 2.05) is 12.1 Å². The van der Waals surface area contributed by atoms with Gasteiger partial charge in [-0.3, -0.25) is 4.90 Å². The van der Waals surface area contributed by atoms with Gasteiger partial charge in [-0.15, -0.1) is 0 Å². The fraction of sp³-hybridized carbons (Fsp3) is 0.625. The second-order valence-corrected chi connectivity index (χ2v) is 6.09. The van der Waals surface area contributed by atoms with Gasteiger partial charge in [0, 0.05) is 32.7 Å². The lowest BCUT2D eigenvalue weighted by Crippen LogP contribution is -2.55. The summed E-state index contributed by atoms with van der Waals surface area (Å²) in [6.45, 7) is 6.21. The molecule has 1 spiro atoms. The lowest BCUT2D eigenvalue weighted by atomic mass is 9.99. The van der Waals surface area contributed by atoms with E-state index in [2.05, 4.69) is 11.8 Å². The summed E-state index contributed by atoms with van der Waals surface area (Å²) < 4.78 is 16.8. The normalized spacial score (nSPS) is 29.9. The molecular formula is C16H23NO4. The van der Waals surface area contributed by atoms with Crippen molar-refractivity contribution in [1.82, 2.24) is 4.90 Å². The first-order valence-electron chi connectivity index (χ1n) is 7.44. The van der Waals surface area contributed by atoms with Gasteiger partial charge in [-0.25, -0.2) is 0 Å². The minimum absolute atomic E-state index is 0.140. The Morgan fingerprint density at radius 2 is 2.33 bits per heavy atom. The Morgan fingerprint density at radius 1 is 1.48 bits per heavy atom. The molecule has 2 atom stereocenters. The minimum atomic E-state index is -0.140. The monoisotopic (exact) mass is 293 g/mol. The molecule has 2 aliphatic rings. The van der Waals surface area contributed by atoms with Crippen LogP contribution in [0.1, 0.15) is 18.9 Å². The molecule has 0 aromatic heterocycles. The van der Waals surface area contributed by atoms with E-state index in [1.54, 1.807) is 13.2 Å². The Kier molecular flexibility index (Phi) is 4.06. The Labute approximate surface area is 125 Å². The zero-order valence-corrected chi connectivity index (χ0v) is 12.7. The highest BCUT2D eigenvalue weighted by molar-refractivity contribution is 5.41. The van der Waals surface area contributed by atoms with Crippen molar-refractivity contribution in [3.05, 3.63) is 23.8 Å². The van der Waals surface area contributed by atoms with E-state index in [9.17, 15) is 5.11 Å². The number of phenolic OH excluding ortho intramolecular Hbond substituents is 1. The van der Waals surface area contributed by atoms with Crippen LogP contribution in [0.25, 0.3) is 0 Å². The second-order valence-electron chi connectivity index (χ2n) is 6.09. The first-order chi connectivity index (χ1) is 10.1. The molecule has 3 rings (SSSR count). The smallest absolute Gasteiger partial charge is 0.160 e. The van der Waals surface area contributed by atoms with Crippen LogP contribution in [0.4, 0.5) is 0 Å². The summed E-state index contributed by atoms with van der Waals surface area (Å²) in [5, 5.41) is 9.68. The number of hydrogen-bond acceptors (Lipinski definition) is 5. The fourth-order valence-electron chi connectivity index (χ4n) is 3.34. The van der Waals surface area contributed by atoms with Gasteiger partial charge in [-0.05, 0) is 24.6 Å². The standard InChI is InChI=1S/C16H23NO4/c1-12-8-17(10-16(21-12)5-6-20-11-16)9-13-3-4-14(18)15(7-13)19-2/h3-4,7,12,18H,5-6,8-11H2,1-2H3/t12-,16-/m0/s1. The van der Waals surface area contributed by atoms with Gasteiger partial charge in [0.15, 0.2) is 11.5 Å². The molecule has 2 heterocycles. The third-order valence-corrected chi connectivity index (χ3v) is 4.20. The summed E-state index contributed by atoms with van der Waals surface area (Å²) >= 11 is 0. The van der Waals surface area contributed by atoms with Crippen molar-refractivity contribution >= 4 is 0 Å². The number of hydrogen-bond donors (Lipinski definition) is 1. The van der Waals surface area contributed by atoms with Gasteiger partial charge in [0.05, 0.1) is 19.8 Å². The molecule has 2 aliphatic heterocycles. The van der Waals surface area contributed by atoms with Crippen LogP contribution < -0.4 is 4.74 Å². The summed E-state index contributed by atoms with van der Waals surface area (Å²) in [6, 6.07) is 5.52. The summed E-state index contributed by atoms with van der Waals surface area (Å²) in [5.41, 5.74) is 0.992. The van der Waals surface area contributed by atoms with Gasteiger partial charge >= 0.3 is 0 Å². The van der Waals surface area contributed by atoms with Gasteiger partial charge in [-0.1, -0.05) is 6.07 Å². The third-order valence-electron chi connectivity index (χ3n) is 4.20. The molecule has 1 aromatic carbocycles. The maximum Gasteiger partial charge on any atom is 0.160 e. The molecule has 0 unspecified atom stereocenters. The lowest BCUT2D eigenvalue weighted by Gasteiger charge is -2.43. The van der Waals surface area contributed by atoms with Gasteiger partial charge in [0.2, 0.25) is 0 Å². The molecule has 0 aliphatic carbocycles. The van der Waals surface area contributed by atoms with E-state index in [1.165, 1.54) is 0 Å². The van der Waals surface area contributed by atoms with Gasteiger partial charge in [0.25, 0.3) is 0 Å². The lowest BCUT2D eigenvalue weighted by molar-refractivity contribution is -0.149. The van der Waals surface area contributed by atoms with Crippen molar-refractivity contribution in [3.8, 4) is 11.5 Å². The first kappa shape index (κ1) is 14.6. The molecule has 5 nitrogen and oxygen atoms in total. The summed E-state index contributed by atoms with van der Waals surface area (Å²) in [7, 11) is 1.57. The molecule has 1 N–H and O–H groups in total. The highest BCUT2D eigenvalue weighted by Gasteiger charge is 2.42. The van der Waals surface area contributed by atoms with E-state index in [0.29, 0.717) is 12.4 Å². The largest absolute Gasteiger partial charge is 0.504 e. The SMILES string of the molecule is COc1cc(CN2C[C@H](C)O[C@@]3(CCOC3)C2)ccc1O. The highest BCUT2D eigenvalue weighted by Crippen LogP contribution is 2.32. The van der Waals surface area contributed by atoms with Gasteiger partial charge in [0.1, 0.15) is 5.60 Å². The van der Waals surface area contributed by atoms with Crippen molar-refractivity contribution in [2.24, 2.45) is 0 Å². The molecule has 0 radical (unpaired) electrons.